The van der Waals surface area contributed by atoms with Crippen molar-refractivity contribution in [3.63, 3.8) is 0 Å². The van der Waals surface area contributed by atoms with Crippen LogP contribution in [-0.4, -0.2) is 28.4 Å². The lowest BCUT2D eigenvalue weighted by Crippen LogP contribution is -2.23. The molecule has 0 spiro atoms. The van der Waals surface area contributed by atoms with Crippen molar-refractivity contribution in [2.75, 3.05) is 12.3 Å². The van der Waals surface area contributed by atoms with E-state index in [1.54, 1.807) is 11.8 Å². The maximum Gasteiger partial charge on any atom is 0.282 e. The monoisotopic (exact) mass is 287 g/mol. The molecule has 0 fully saturated rings. The number of hydrogen-bond acceptors (Lipinski definition) is 5. The van der Waals surface area contributed by atoms with Gasteiger partial charge in [-0.05, 0) is 12.8 Å². The highest BCUT2D eigenvalue weighted by Gasteiger charge is 2.11. The molecule has 0 saturated heterocycles. The van der Waals surface area contributed by atoms with Crippen LogP contribution in [0.2, 0.25) is 0 Å². The Hall–Kier alpha value is -0.620. The van der Waals surface area contributed by atoms with Crippen LogP contribution in [0.1, 0.15) is 55.8 Å². The van der Waals surface area contributed by atoms with E-state index in [4.69, 9.17) is 0 Å². The molecule has 0 aliphatic carbocycles. The molecule has 0 saturated carbocycles. The van der Waals surface area contributed by atoms with E-state index in [1.165, 1.54) is 37.0 Å². The van der Waals surface area contributed by atoms with Crippen molar-refractivity contribution in [3.05, 3.63) is 5.01 Å². The Bertz CT molecular complexity index is 355. The summed E-state index contributed by atoms with van der Waals surface area (Å²) < 4.78 is 0.896. The van der Waals surface area contributed by atoms with Crippen LogP contribution in [0, 0.1) is 0 Å². The SMILES string of the molecule is CCCCCCSc1nnc(C(=O)NCCC)s1. The van der Waals surface area contributed by atoms with Gasteiger partial charge in [-0.3, -0.25) is 4.79 Å². The Morgan fingerprint density at radius 3 is 2.78 bits per heavy atom. The van der Waals surface area contributed by atoms with Crippen molar-refractivity contribution in [1.29, 1.82) is 0 Å². The van der Waals surface area contributed by atoms with E-state index < -0.39 is 0 Å². The summed E-state index contributed by atoms with van der Waals surface area (Å²) >= 11 is 3.08. The number of amides is 1. The maximum absolute atomic E-state index is 11.6. The molecule has 0 aromatic carbocycles. The molecule has 1 rings (SSSR count). The first-order valence-electron chi connectivity index (χ1n) is 6.52. The van der Waals surface area contributed by atoms with Crippen LogP contribution in [0.15, 0.2) is 4.34 Å². The summed E-state index contributed by atoms with van der Waals surface area (Å²) in [7, 11) is 0. The molecule has 6 heteroatoms. The van der Waals surface area contributed by atoms with E-state index >= 15 is 0 Å². The number of nitrogens with one attached hydrogen (secondary N) is 1. The highest BCUT2D eigenvalue weighted by Crippen LogP contribution is 2.23. The molecule has 1 N–H and O–H groups in total. The van der Waals surface area contributed by atoms with Crippen LogP contribution >= 0.6 is 23.1 Å². The molecule has 0 aliphatic rings. The average Bonchev–Trinajstić information content (AvgIpc) is 2.84. The van der Waals surface area contributed by atoms with Crippen LogP contribution in [0.25, 0.3) is 0 Å². The van der Waals surface area contributed by atoms with Gasteiger partial charge in [-0.15, -0.1) is 10.2 Å². The van der Waals surface area contributed by atoms with Gasteiger partial charge in [-0.2, -0.15) is 0 Å². The van der Waals surface area contributed by atoms with Gasteiger partial charge in [0.2, 0.25) is 5.01 Å². The molecule has 4 nitrogen and oxygen atoms in total. The van der Waals surface area contributed by atoms with Crippen LogP contribution in [0.3, 0.4) is 0 Å². The van der Waals surface area contributed by atoms with Crippen molar-refractivity contribution in [3.8, 4) is 0 Å². The van der Waals surface area contributed by atoms with E-state index in [9.17, 15) is 4.79 Å². The van der Waals surface area contributed by atoms with Gasteiger partial charge in [0, 0.05) is 12.3 Å². The molecule has 0 unspecified atom stereocenters. The summed E-state index contributed by atoms with van der Waals surface area (Å²) in [5.74, 6) is 0.956. The van der Waals surface area contributed by atoms with Gasteiger partial charge in [0.1, 0.15) is 0 Å². The predicted molar refractivity (Wildman–Crippen MR) is 77.4 cm³/mol. The van der Waals surface area contributed by atoms with Crippen molar-refractivity contribution in [2.45, 2.75) is 50.3 Å². The number of carbonyl (C=O) groups is 1. The third-order valence-corrected chi connectivity index (χ3v) is 4.50. The molecule has 1 amide bonds. The van der Waals surface area contributed by atoms with Gasteiger partial charge in [0.05, 0.1) is 0 Å². The van der Waals surface area contributed by atoms with Crippen molar-refractivity contribution in [1.82, 2.24) is 15.5 Å². The summed E-state index contributed by atoms with van der Waals surface area (Å²) in [5, 5.41) is 11.2. The first kappa shape index (κ1) is 15.4. The number of carbonyl (C=O) groups excluding carboxylic acids is 1. The molecule has 18 heavy (non-hydrogen) atoms. The molecule has 1 aromatic rings. The average molecular weight is 287 g/mol. The first-order valence-corrected chi connectivity index (χ1v) is 8.32. The lowest BCUT2D eigenvalue weighted by atomic mass is 10.2. The standard InChI is InChI=1S/C12H21N3OS2/c1-3-5-6-7-9-17-12-15-14-11(18-12)10(16)13-8-4-2/h3-9H2,1-2H3,(H,13,16). The molecule has 0 atom stereocenters. The normalized spacial score (nSPS) is 10.6. The highest BCUT2D eigenvalue weighted by molar-refractivity contribution is 8.01. The summed E-state index contributed by atoms with van der Waals surface area (Å²) in [6.07, 6.45) is 5.96. The molecule has 0 aliphatic heterocycles. The van der Waals surface area contributed by atoms with E-state index in [0.29, 0.717) is 11.6 Å². The Labute approximate surface area is 117 Å². The van der Waals surface area contributed by atoms with Gasteiger partial charge >= 0.3 is 0 Å². The molecule has 1 aromatic heterocycles. The van der Waals surface area contributed by atoms with Gasteiger partial charge in [0.25, 0.3) is 5.91 Å². The quantitative estimate of drug-likeness (QED) is 0.559. The summed E-state index contributed by atoms with van der Waals surface area (Å²) in [6.45, 7) is 4.93. The van der Waals surface area contributed by atoms with Gasteiger partial charge in [-0.1, -0.05) is 56.2 Å². The number of rotatable bonds is 9. The fraction of sp³-hybridized carbons (Fsp3) is 0.750. The summed E-state index contributed by atoms with van der Waals surface area (Å²) in [5.41, 5.74) is 0. The second-order valence-corrected chi connectivity index (χ2v) is 6.36. The van der Waals surface area contributed by atoms with Crippen molar-refractivity contribution >= 4 is 29.0 Å². The third kappa shape index (κ3) is 5.82. The van der Waals surface area contributed by atoms with E-state index in [2.05, 4.69) is 22.4 Å². The minimum Gasteiger partial charge on any atom is -0.350 e. The fourth-order valence-corrected chi connectivity index (χ4v) is 3.20. The number of thioether (sulfide) groups is 1. The Balaban J connectivity index is 2.27. The van der Waals surface area contributed by atoms with Crippen LogP contribution < -0.4 is 5.32 Å². The lowest BCUT2D eigenvalue weighted by Gasteiger charge is -1.98. The van der Waals surface area contributed by atoms with Crippen LogP contribution in [0.5, 0.6) is 0 Å². The fourth-order valence-electron chi connectivity index (χ4n) is 1.36. The zero-order chi connectivity index (χ0) is 13.2. The second kappa shape index (κ2) is 9.33. The molecule has 102 valence electrons. The molecular formula is C12H21N3OS2. The number of unbranched alkanes of at least 4 members (excludes halogenated alkanes) is 3. The third-order valence-electron chi connectivity index (χ3n) is 2.36. The second-order valence-electron chi connectivity index (χ2n) is 4.04. The van der Waals surface area contributed by atoms with Crippen LogP contribution in [0.4, 0.5) is 0 Å². The number of nitrogens with zero attached hydrogens (tertiary/aromatic N) is 2. The Morgan fingerprint density at radius 1 is 1.22 bits per heavy atom. The minimum absolute atomic E-state index is 0.104. The van der Waals surface area contributed by atoms with Gasteiger partial charge < -0.3 is 5.32 Å². The topological polar surface area (TPSA) is 54.9 Å². The first-order chi connectivity index (χ1) is 8.77. The Morgan fingerprint density at radius 2 is 2.06 bits per heavy atom. The zero-order valence-electron chi connectivity index (χ0n) is 11.1. The van der Waals surface area contributed by atoms with Crippen molar-refractivity contribution in [2.24, 2.45) is 0 Å². The van der Waals surface area contributed by atoms with Crippen molar-refractivity contribution < 1.29 is 4.79 Å². The minimum atomic E-state index is -0.104. The number of hydrogen-bond donors (Lipinski definition) is 1. The maximum atomic E-state index is 11.6. The van der Waals surface area contributed by atoms with Gasteiger partial charge in [0.15, 0.2) is 4.34 Å². The predicted octanol–water partition coefficient (Wildman–Crippen LogP) is 3.35. The van der Waals surface area contributed by atoms with Crippen LogP contribution in [-0.2, 0) is 0 Å². The lowest BCUT2D eigenvalue weighted by molar-refractivity contribution is 0.0952. The summed E-state index contributed by atoms with van der Waals surface area (Å²) in [4.78, 5) is 11.6. The molecule has 0 bridgehead atoms. The zero-order valence-corrected chi connectivity index (χ0v) is 12.7. The molecule has 0 radical (unpaired) electrons. The van der Waals surface area contributed by atoms with E-state index in [-0.39, 0.29) is 5.91 Å². The van der Waals surface area contributed by atoms with Gasteiger partial charge in [-0.25, -0.2) is 0 Å². The Kier molecular flexibility index (Phi) is 8.00. The molecular weight excluding hydrogens is 266 g/mol. The largest absolute Gasteiger partial charge is 0.350 e. The molecule has 1 heterocycles. The van der Waals surface area contributed by atoms with E-state index in [1.807, 2.05) is 6.92 Å². The highest BCUT2D eigenvalue weighted by atomic mass is 32.2. The van der Waals surface area contributed by atoms with E-state index in [0.717, 1.165) is 16.5 Å². The number of aromatic nitrogens is 2. The smallest absolute Gasteiger partial charge is 0.282 e. The summed E-state index contributed by atoms with van der Waals surface area (Å²) in [6, 6.07) is 0.